The molecule has 3 rings (SSSR count). The van der Waals surface area contributed by atoms with E-state index in [9.17, 15) is 18.0 Å². The monoisotopic (exact) mass is 407 g/mol. The smallest absolute Gasteiger partial charge is 0.416 e. The Hall–Kier alpha value is -3.26. The van der Waals surface area contributed by atoms with Crippen LogP contribution in [0.2, 0.25) is 5.02 Å². The van der Waals surface area contributed by atoms with Crippen LogP contribution in [0.25, 0.3) is 0 Å². The summed E-state index contributed by atoms with van der Waals surface area (Å²) in [5.41, 5.74) is -0.640. The Morgan fingerprint density at radius 3 is 2.21 bits per heavy atom. The summed E-state index contributed by atoms with van der Waals surface area (Å²) in [6.07, 6.45) is -1.36. The summed E-state index contributed by atoms with van der Waals surface area (Å²) >= 11 is 5.86. The van der Waals surface area contributed by atoms with Gasteiger partial charge in [-0.15, -0.1) is 0 Å². The molecular formula is C19H13ClF3N3O2. The second-order valence-electron chi connectivity index (χ2n) is 5.58. The summed E-state index contributed by atoms with van der Waals surface area (Å²) in [4.78, 5) is 16.0. The molecule has 3 aromatic rings. The van der Waals surface area contributed by atoms with Crippen LogP contribution in [0.1, 0.15) is 5.56 Å². The maximum absolute atomic E-state index is 12.8. The van der Waals surface area contributed by atoms with E-state index in [4.69, 9.17) is 16.3 Å². The van der Waals surface area contributed by atoms with Gasteiger partial charge in [-0.25, -0.2) is 4.79 Å². The van der Waals surface area contributed by atoms with Crippen LogP contribution in [0.5, 0.6) is 11.5 Å². The van der Waals surface area contributed by atoms with Gasteiger partial charge in [0.25, 0.3) is 0 Å². The van der Waals surface area contributed by atoms with Crippen molar-refractivity contribution < 1.29 is 22.7 Å². The molecule has 0 radical (unpaired) electrons. The summed E-state index contributed by atoms with van der Waals surface area (Å²) in [5.74, 6) is 1.14. The van der Waals surface area contributed by atoms with Crippen LogP contribution in [0.3, 0.4) is 0 Å². The molecule has 9 heteroatoms. The molecular weight excluding hydrogens is 395 g/mol. The lowest BCUT2D eigenvalue weighted by Gasteiger charge is -2.12. The molecule has 0 bridgehead atoms. The maximum atomic E-state index is 12.8. The number of halogens is 4. The first-order chi connectivity index (χ1) is 13.3. The fourth-order valence-corrected chi connectivity index (χ4v) is 2.40. The number of carbonyl (C=O) groups is 1. The number of anilines is 2. The molecule has 0 atom stereocenters. The molecule has 0 saturated carbocycles. The molecule has 2 amide bonds. The standard InChI is InChI=1S/C19H13ClF3N3O2/c20-16-6-1-12(19(21,22)23)11-17(16)26-18(27)25-13-2-4-14(5-3-13)28-15-7-9-24-10-8-15/h1-11H,(H2,25,26,27). The highest BCUT2D eigenvalue weighted by Gasteiger charge is 2.31. The molecule has 1 heterocycles. The molecule has 2 N–H and O–H groups in total. The zero-order chi connectivity index (χ0) is 20.1. The van der Waals surface area contributed by atoms with Gasteiger partial charge < -0.3 is 15.4 Å². The number of carbonyl (C=O) groups excluding carboxylic acids is 1. The first-order valence-corrected chi connectivity index (χ1v) is 8.32. The van der Waals surface area contributed by atoms with E-state index in [1.807, 2.05) is 0 Å². The van der Waals surface area contributed by atoms with E-state index < -0.39 is 17.8 Å². The van der Waals surface area contributed by atoms with E-state index in [-0.39, 0.29) is 10.7 Å². The van der Waals surface area contributed by atoms with E-state index in [1.165, 1.54) is 0 Å². The maximum Gasteiger partial charge on any atom is 0.416 e. The minimum Gasteiger partial charge on any atom is -0.457 e. The van der Waals surface area contributed by atoms with Crippen molar-refractivity contribution in [1.29, 1.82) is 0 Å². The summed E-state index contributed by atoms with van der Waals surface area (Å²) in [6, 6.07) is 11.8. The Balaban J connectivity index is 1.64. The molecule has 0 fully saturated rings. The fraction of sp³-hybridized carbons (Fsp3) is 0.0526. The van der Waals surface area contributed by atoms with Gasteiger partial charge in [0.05, 0.1) is 16.3 Å². The topological polar surface area (TPSA) is 63.2 Å². The van der Waals surface area contributed by atoms with Crippen molar-refractivity contribution in [3.63, 3.8) is 0 Å². The minimum atomic E-state index is -4.54. The van der Waals surface area contributed by atoms with Crippen LogP contribution >= 0.6 is 11.6 Å². The van der Waals surface area contributed by atoms with Crippen molar-refractivity contribution in [2.75, 3.05) is 10.6 Å². The van der Waals surface area contributed by atoms with Gasteiger partial charge in [0, 0.05) is 18.1 Å². The quantitative estimate of drug-likeness (QED) is 0.542. The average Bonchev–Trinajstić information content (AvgIpc) is 2.65. The average molecular weight is 408 g/mol. The number of ether oxygens (including phenoxy) is 1. The normalized spacial score (nSPS) is 11.0. The van der Waals surface area contributed by atoms with Gasteiger partial charge in [-0.05, 0) is 54.6 Å². The van der Waals surface area contributed by atoms with Gasteiger partial charge in [-0.1, -0.05) is 11.6 Å². The third kappa shape index (κ3) is 5.14. The van der Waals surface area contributed by atoms with E-state index in [1.54, 1.807) is 48.8 Å². The molecule has 5 nitrogen and oxygen atoms in total. The van der Waals surface area contributed by atoms with Gasteiger partial charge in [-0.3, -0.25) is 4.98 Å². The van der Waals surface area contributed by atoms with Gasteiger partial charge in [0.2, 0.25) is 0 Å². The number of amides is 2. The molecule has 0 aliphatic carbocycles. The number of nitrogens with one attached hydrogen (secondary N) is 2. The summed E-state index contributed by atoms with van der Waals surface area (Å²) < 4.78 is 44.0. The molecule has 28 heavy (non-hydrogen) atoms. The molecule has 0 unspecified atom stereocenters. The predicted octanol–water partition coefficient (Wildman–Crippen LogP) is 6.19. The SMILES string of the molecule is O=C(Nc1ccc(Oc2ccncc2)cc1)Nc1cc(C(F)(F)F)ccc1Cl. The van der Waals surface area contributed by atoms with Crippen molar-refractivity contribution in [2.45, 2.75) is 6.18 Å². The molecule has 0 aliphatic rings. The molecule has 0 saturated heterocycles. The van der Waals surface area contributed by atoms with Crippen molar-refractivity contribution in [3.8, 4) is 11.5 Å². The third-order valence-electron chi connectivity index (χ3n) is 3.54. The Kier molecular flexibility index (Phi) is 5.70. The number of benzene rings is 2. The van der Waals surface area contributed by atoms with Gasteiger partial charge in [0.1, 0.15) is 11.5 Å². The van der Waals surface area contributed by atoms with E-state index in [0.717, 1.165) is 18.2 Å². The second kappa shape index (κ2) is 8.18. The largest absolute Gasteiger partial charge is 0.457 e. The lowest BCUT2D eigenvalue weighted by Crippen LogP contribution is -2.20. The van der Waals surface area contributed by atoms with Crippen molar-refractivity contribution >= 4 is 29.0 Å². The molecule has 1 aromatic heterocycles. The van der Waals surface area contributed by atoms with Crippen LogP contribution in [-0.4, -0.2) is 11.0 Å². The minimum absolute atomic E-state index is 0.00995. The summed E-state index contributed by atoms with van der Waals surface area (Å²) in [6.45, 7) is 0. The Morgan fingerprint density at radius 1 is 0.929 bits per heavy atom. The number of nitrogens with zero attached hydrogens (tertiary/aromatic N) is 1. The number of urea groups is 1. The van der Waals surface area contributed by atoms with Crippen molar-refractivity contribution in [2.24, 2.45) is 0 Å². The van der Waals surface area contributed by atoms with Crippen LogP contribution in [0.15, 0.2) is 67.0 Å². The van der Waals surface area contributed by atoms with Gasteiger partial charge in [0.15, 0.2) is 0 Å². The van der Waals surface area contributed by atoms with E-state index in [0.29, 0.717) is 17.2 Å². The molecule has 144 valence electrons. The molecule has 2 aromatic carbocycles. The van der Waals surface area contributed by atoms with E-state index in [2.05, 4.69) is 15.6 Å². The highest BCUT2D eigenvalue weighted by atomic mass is 35.5. The first kappa shape index (κ1) is 19.5. The Morgan fingerprint density at radius 2 is 1.57 bits per heavy atom. The number of alkyl halides is 3. The van der Waals surface area contributed by atoms with Crippen LogP contribution < -0.4 is 15.4 Å². The number of pyridine rings is 1. The predicted molar refractivity (Wildman–Crippen MR) is 99.8 cm³/mol. The number of rotatable bonds is 4. The van der Waals surface area contributed by atoms with Crippen LogP contribution in [0, 0.1) is 0 Å². The second-order valence-corrected chi connectivity index (χ2v) is 5.99. The van der Waals surface area contributed by atoms with Crippen molar-refractivity contribution in [3.05, 3.63) is 77.6 Å². The number of aromatic nitrogens is 1. The van der Waals surface area contributed by atoms with Gasteiger partial charge in [-0.2, -0.15) is 13.2 Å². The lowest BCUT2D eigenvalue weighted by molar-refractivity contribution is -0.137. The Bertz CT molecular complexity index is 964. The zero-order valence-electron chi connectivity index (χ0n) is 14.1. The Labute approximate surface area is 163 Å². The summed E-state index contributed by atoms with van der Waals surface area (Å²) in [7, 11) is 0. The van der Waals surface area contributed by atoms with Crippen LogP contribution in [-0.2, 0) is 6.18 Å². The van der Waals surface area contributed by atoms with Gasteiger partial charge >= 0.3 is 12.2 Å². The number of hydrogen-bond donors (Lipinski definition) is 2. The molecule has 0 aliphatic heterocycles. The van der Waals surface area contributed by atoms with E-state index >= 15 is 0 Å². The zero-order valence-corrected chi connectivity index (χ0v) is 14.9. The third-order valence-corrected chi connectivity index (χ3v) is 3.87. The fourth-order valence-electron chi connectivity index (χ4n) is 2.23. The first-order valence-electron chi connectivity index (χ1n) is 7.94. The van der Waals surface area contributed by atoms with Crippen molar-refractivity contribution in [1.82, 2.24) is 4.98 Å². The molecule has 0 spiro atoms. The highest BCUT2D eigenvalue weighted by molar-refractivity contribution is 6.33. The summed E-state index contributed by atoms with van der Waals surface area (Å²) in [5, 5.41) is 4.81. The van der Waals surface area contributed by atoms with Crippen LogP contribution in [0.4, 0.5) is 29.3 Å². The lowest BCUT2D eigenvalue weighted by atomic mass is 10.2. The number of hydrogen-bond acceptors (Lipinski definition) is 3. The highest BCUT2D eigenvalue weighted by Crippen LogP contribution is 2.34.